The third-order valence-electron chi connectivity index (χ3n) is 5.56. The van der Waals surface area contributed by atoms with Gasteiger partial charge in [0.1, 0.15) is 12.4 Å². The second-order valence-corrected chi connectivity index (χ2v) is 7.41. The van der Waals surface area contributed by atoms with Crippen molar-refractivity contribution in [1.29, 1.82) is 0 Å². The van der Waals surface area contributed by atoms with Crippen molar-refractivity contribution in [3.05, 3.63) is 11.6 Å². The second kappa shape index (κ2) is 8.65. The Bertz CT molecular complexity index is 584. The monoisotopic (exact) mass is 348 g/mol. The van der Waals surface area contributed by atoms with Crippen LogP contribution in [-0.4, -0.2) is 47.5 Å². The Morgan fingerprint density at radius 1 is 1.32 bits per heavy atom. The molecule has 1 fully saturated rings. The smallest absolute Gasteiger partial charge is 0.191 e. The van der Waals surface area contributed by atoms with E-state index in [9.17, 15) is 0 Å². The van der Waals surface area contributed by atoms with Crippen LogP contribution in [0.3, 0.4) is 0 Å². The van der Waals surface area contributed by atoms with E-state index in [2.05, 4.69) is 32.6 Å². The van der Waals surface area contributed by atoms with Crippen LogP contribution in [0.1, 0.15) is 50.7 Å². The molecular weight excluding hydrogens is 316 g/mol. The third kappa shape index (κ3) is 4.71. The van der Waals surface area contributed by atoms with Gasteiger partial charge in [-0.15, -0.1) is 0 Å². The highest BCUT2D eigenvalue weighted by atomic mass is 16.5. The SMILES string of the molecule is CN=C(NCC1CCCCC1C)NC1CCc2nc(COC)nn2C1. The number of methoxy groups -OCH3 is 1. The molecule has 1 aliphatic heterocycles. The number of guanidine groups is 1. The first-order valence-electron chi connectivity index (χ1n) is 9.58. The second-order valence-electron chi connectivity index (χ2n) is 7.41. The van der Waals surface area contributed by atoms with Crippen LogP contribution in [0, 0.1) is 11.8 Å². The topological polar surface area (TPSA) is 76.4 Å². The molecule has 2 N–H and O–H groups in total. The molecule has 2 aliphatic rings. The zero-order valence-corrected chi connectivity index (χ0v) is 15.8. The number of aryl methyl sites for hydroxylation is 1. The summed E-state index contributed by atoms with van der Waals surface area (Å²) in [5.41, 5.74) is 0. The largest absolute Gasteiger partial charge is 0.377 e. The fourth-order valence-electron chi connectivity index (χ4n) is 3.98. The highest BCUT2D eigenvalue weighted by Crippen LogP contribution is 2.28. The molecule has 0 bridgehead atoms. The van der Waals surface area contributed by atoms with Crippen molar-refractivity contribution in [2.45, 2.75) is 64.6 Å². The van der Waals surface area contributed by atoms with Crippen molar-refractivity contribution in [2.75, 3.05) is 20.7 Å². The summed E-state index contributed by atoms with van der Waals surface area (Å²) in [6, 6.07) is 0.333. The Hall–Kier alpha value is -1.63. The molecule has 1 aliphatic carbocycles. The van der Waals surface area contributed by atoms with Crippen LogP contribution in [0.2, 0.25) is 0 Å². The van der Waals surface area contributed by atoms with E-state index in [1.807, 2.05) is 11.7 Å². The molecule has 0 aromatic carbocycles. The van der Waals surface area contributed by atoms with E-state index in [1.54, 1.807) is 7.11 Å². The van der Waals surface area contributed by atoms with E-state index >= 15 is 0 Å². The number of ether oxygens (including phenoxy) is 1. The van der Waals surface area contributed by atoms with Crippen molar-refractivity contribution in [1.82, 2.24) is 25.4 Å². The molecule has 7 heteroatoms. The highest BCUT2D eigenvalue weighted by molar-refractivity contribution is 5.79. The fourth-order valence-corrected chi connectivity index (χ4v) is 3.98. The van der Waals surface area contributed by atoms with Crippen molar-refractivity contribution in [3.8, 4) is 0 Å². The van der Waals surface area contributed by atoms with Gasteiger partial charge in [-0.1, -0.05) is 26.2 Å². The van der Waals surface area contributed by atoms with Crippen molar-refractivity contribution in [3.63, 3.8) is 0 Å². The average Bonchev–Trinajstić information content (AvgIpc) is 3.01. The Labute approximate surface area is 150 Å². The van der Waals surface area contributed by atoms with Gasteiger partial charge in [0.25, 0.3) is 0 Å². The lowest BCUT2D eigenvalue weighted by Gasteiger charge is -2.30. The van der Waals surface area contributed by atoms with E-state index in [4.69, 9.17) is 4.74 Å². The van der Waals surface area contributed by atoms with Crippen molar-refractivity contribution >= 4 is 5.96 Å². The highest BCUT2D eigenvalue weighted by Gasteiger charge is 2.24. The average molecular weight is 348 g/mol. The van der Waals surface area contributed by atoms with Gasteiger partial charge < -0.3 is 15.4 Å². The number of hydrogen-bond acceptors (Lipinski definition) is 4. The van der Waals surface area contributed by atoms with Crippen LogP contribution >= 0.6 is 0 Å². The number of hydrogen-bond donors (Lipinski definition) is 2. The van der Waals surface area contributed by atoms with Gasteiger partial charge >= 0.3 is 0 Å². The first-order chi connectivity index (χ1) is 12.2. The molecule has 7 nitrogen and oxygen atoms in total. The summed E-state index contributed by atoms with van der Waals surface area (Å²) < 4.78 is 7.14. The molecule has 0 amide bonds. The lowest BCUT2D eigenvalue weighted by Crippen LogP contribution is -2.48. The maximum absolute atomic E-state index is 5.13. The summed E-state index contributed by atoms with van der Waals surface area (Å²) >= 11 is 0. The van der Waals surface area contributed by atoms with Gasteiger partial charge in [-0.25, -0.2) is 9.67 Å². The van der Waals surface area contributed by atoms with Crippen LogP contribution in [0.4, 0.5) is 0 Å². The van der Waals surface area contributed by atoms with Crippen LogP contribution in [0.15, 0.2) is 4.99 Å². The molecule has 140 valence electrons. The van der Waals surface area contributed by atoms with E-state index in [0.29, 0.717) is 12.6 Å². The number of fused-ring (bicyclic) bond motifs is 1. The molecule has 3 atom stereocenters. The lowest BCUT2D eigenvalue weighted by molar-refractivity contribution is 0.177. The minimum Gasteiger partial charge on any atom is -0.377 e. The zero-order chi connectivity index (χ0) is 17.6. The predicted octanol–water partition coefficient (Wildman–Crippen LogP) is 1.73. The zero-order valence-electron chi connectivity index (χ0n) is 15.8. The summed E-state index contributed by atoms with van der Waals surface area (Å²) in [6.45, 7) is 4.69. The minimum atomic E-state index is 0.333. The van der Waals surface area contributed by atoms with Crippen LogP contribution < -0.4 is 10.6 Å². The maximum atomic E-state index is 5.13. The molecule has 0 spiro atoms. The van der Waals surface area contributed by atoms with Gasteiger partial charge in [-0.2, -0.15) is 5.10 Å². The summed E-state index contributed by atoms with van der Waals surface area (Å²) in [7, 11) is 3.52. The van der Waals surface area contributed by atoms with Gasteiger partial charge in [0.05, 0.1) is 6.54 Å². The molecule has 1 saturated carbocycles. The Morgan fingerprint density at radius 3 is 2.92 bits per heavy atom. The van der Waals surface area contributed by atoms with Gasteiger partial charge in [0.15, 0.2) is 11.8 Å². The molecule has 3 unspecified atom stereocenters. The number of aromatic nitrogens is 3. The quantitative estimate of drug-likeness (QED) is 0.626. The van der Waals surface area contributed by atoms with E-state index in [1.165, 1.54) is 25.7 Å². The van der Waals surface area contributed by atoms with Gasteiger partial charge in [-0.05, 0) is 24.7 Å². The molecule has 1 aromatic rings. The van der Waals surface area contributed by atoms with E-state index < -0.39 is 0 Å². The van der Waals surface area contributed by atoms with Crippen LogP contribution in [0.25, 0.3) is 0 Å². The Kier molecular flexibility index (Phi) is 6.29. The molecule has 25 heavy (non-hydrogen) atoms. The first kappa shape index (κ1) is 18.2. The number of rotatable bonds is 5. The normalized spacial score (nSPS) is 27.0. The fraction of sp³-hybridized carbons (Fsp3) is 0.833. The van der Waals surface area contributed by atoms with Gasteiger partial charge in [0, 0.05) is 33.2 Å². The Balaban J connectivity index is 1.50. The number of nitrogens with one attached hydrogen (secondary N) is 2. The molecule has 0 radical (unpaired) electrons. The maximum Gasteiger partial charge on any atom is 0.191 e. The third-order valence-corrected chi connectivity index (χ3v) is 5.56. The van der Waals surface area contributed by atoms with Gasteiger partial charge in [0.2, 0.25) is 0 Å². The van der Waals surface area contributed by atoms with E-state index in [-0.39, 0.29) is 0 Å². The summed E-state index contributed by atoms with van der Waals surface area (Å²) in [4.78, 5) is 8.94. The standard InChI is InChI=1S/C18H32N6O/c1-13-6-4-5-7-14(13)10-20-18(19-2)21-15-8-9-17-22-16(12-25-3)23-24(17)11-15/h13-15H,4-12H2,1-3H3,(H2,19,20,21). The van der Waals surface area contributed by atoms with Crippen LogP contribution in [-0.2, 0) is 24.3 Å². The first-order valence-corrected chi connectivity index (χ1v) is 9.58. The summed E-state index contributed by atoms with van der Waals surface area (Å²) in [6.07, 6.45) is 7.43. The summed E-state index contributed by atoms with van der Waals surface area (Å²) in [5, 5.41) is 11.6. The van der Waals surface area contributed by atoms with Crippen molar-refractivity contribution in [2.24, 2.45) is 16.8 Å². The molecule has 3 rings (SSSR count). The molecule has 2 heterocycles. The number of aliphatic imine (C=N–C) groups is 1. The lowest BCUT2D eigenvalue weighted by atomic mass is 9.80. The minimum absolute atomic E-state index is 0.333. The Morgan fingerprint density at radius 2 is 2.16 bits per heavy atom. The molecule has 0 saturated heterocycles. The van der Waals surface area contributed by atoms with E-state index in [0.717, 1.165) is 55.4 Å². The molecule has 1 aromatic heterocycles. The summed E-state index contributed by atoms with van der Waals surface area (Å²) in [5.74, 6) is 4.31. The predicted molar refractivity (Wildman–Crippen MR) is 98.5 cm³/mol. The number of nitrogens with zero attached hydrogens (tertiary/aromatic N) is 4. The van der Waals surface area contributed by atoms with Gasteiger partial charge in [-0.3, -0.25) is 4.99 Å². The van der Waals surface area contributed by atoms with Crippen molar-refractivity contribution < 1.29 is 4.74 Å². The molecular formula is C18H32N6O. The van der Waals surface area contributed by atoms with Crippen LogP contribution in [0.5, 0.6) is 0 Å².